The van der Waals surface area contributed by atoms with Gasteiger partial charge in [0.2, 0.25) is 17.7 Å². The highest BCUT2D eigenvalue weighted by Crippen LogP contribution is 2.37. The molecule has 1 heterocycles. The van der Waals surface area contributed by atoms with E-state index >= 15 is 0 Å². The van der Waals surface area contributed by atoms with Crippen LogP contribution in [0.4, 0.5) is 5.69 Å². The van der Waals surface area contributed by atoms with Crippen molar-refractivity contribution in [2.75, 3.05) is 11.9 Å². The van der Waals surface area contributed by atoms with Gasteiger partial charge in [-0.1, -0.05) is 31.0 Å². The summed E-state index contributed by atoms with van der Waals surface area (Å²) < 4.78 is 5.72. The number of benzene rings is 2. The molecule has 0 spiro atoms. The molecule has 2 atom stereocenters. The topological polar surface area (TPSA) is 75.7 Å². The second-order valence-electron chi connectivity index (χ2n) is 7.25. The van der Waals surface area contributed by atoms with E-state index in [1.807, 2.05) is 30.3 Å². The quantitative estimate of drug-likeness (QED) is 0.807. The third-order valence-electron chi connectivity index (χ3n) is 5.35. The molecule has 0 radical (unpaired) electrons. The fourth-order valence-electron chi connectivity index (χ4n) is 3.96. The van der Waals surface area contributed by atoms with Crippen molar-refractivity contribution in [2.45, 2.75) is 25.7 Å². The Morgan fingerprint density at radius 3 is 2.07 bits per heavy atom. The molecule has 0 unspecified atom stereocenters. The molecular weight excluding hydrogens is 356 g/mol. The van der Waals surface area contributed by atoms with Crippen LogP contribution in [-0.4, -0.2) is 29.2 Å². The van der Waals surface area contributed by atoms with Gasteiger partial charge in [-0.2, -0.15) is 0 Å². The predicted octanol–water partition coefficient (Wildman–Crippen LogP) is 3.59. The maximum atomic E-state index is 12.5. The lowest BCUT2D eigenvalue weighted by atomic mass is 9.81. The van der Waals surface area contributed by atoms with Gasteiger partial charge in [0.05, 0.1) is 11.8 Å². The number of amides is 3. The number of rotatable bonds is 5. The molecule has 28 heavy (non-hydrogen) atoms. The lowest BCUT2D eigenvalue weighted by Crippen LogP contribution is -2.38. The Bertz CT molecular complexity index is 855. The maximum absolute atomic E-state index is 12.5. The third kappa shape index (κ3) is 3.76. The van der Waals surface area contributed by atoms with Crippen LogP contribution in [0.15, 0.2) is 54.6 Å². The molecular formula is C22H22N2O4. The Labute approximate surface area is 163 Å². The summed E-state index contributed by atoms with van der Waals surface area (Å²) >= 11 is 0. The number of nitrogens with one attached hydrogen (secondary N) is 1. The largest absolute Gasteiger partial charge is 0.457 e. The van der Waals surface area contributed by atoms with E-state index in [0.717, 1.165) is 36.3 Å². The van der Waals surface area contributed by atoms with Gasteiger partial charge < -0.3 is 10.1 Å². The number of likely N-dealkylation sites (tertiary alicyclic amines) is 1. The van der Waals surface area contributed by atoms with Crippen LogP contribution in [0, 0.1) is 11.8 Å². The van der Waals surface area contributed by atoms with Crippen LogP contribution in [0.5, 0.6) is 11.5 Å². The number of para-hydroxylation sites is 1. The highest BCUT2D eigenvalue weighted by atomic mass is 16.5. The highest BCUT2D eigenvalue weighted by Gasteiger charge is 2.48. The van der Waals surface area contributed by atoms with Crippen molar-refractivity contribution in [3.8, 4) is 11.5 Å². The summed E-state index contributed by atoms with van der Waals surface area (Å²) in [5.41, 5.74) is 0.585. The molecule has 2 aromatic rings. The zero-order chi connectivity index (χ0) is 19.5. The number of carbonyl (C=O) groups excluding carboxylic acids is 3. The van der Waals surface area contributed by atoms with Crippen molar-refractivity contribution < 1.29 is 19.1 Å². The average molecular weight is 378 g/mol. The lowest BCUT2D eigenvalue weighted by molar-refractivity contribution is -0.142. The van der Waals surface area contributed by atoms with Crippen molar-refractivity contribution in [2.24, 2.45) is 11.8 Å². The first kappa shape index (κ1) is 18.2. The van der Waals surface area contributed by atoms with Crippen molar-refractivity contribution in [3.05, 3.63) is 54.6 Å². The maximum Gasteiger partial charge on any atom is 0.244 e. The van der Waals surface area contributed by atoms with Gasteiger partial charge in [-0.3, -0.25) is 19.3 Å². The zero-order valence-electron chi connectivity index (χ0n) is 15.5. The smallest absolute Gasteiger partial charge is 0.244 e. The van der Waals surface area contributed by atoms with Gasteiger partial charge in [-0.05, 0) is 49.2 Å². The van der Waals surface area contributed by atoms with Gasteiger partial charge in [-0.25, -0.2) is 0 Å². The molecule has 1 aliphatic heterocycles. The molecule has 1 N–H and O–H groups in total. The Kier molecular flexibility index (Phi) is 5.10. The molecule has 6 heteroatoms. The second kappa shape index (κ2) is 7.84. The highest BCUT2D eigenvalue weighted by molar-refractivity contribution is 6.08. The summed E-state index contributed by atoms with van der Waals surface area (Å²) in [5.74, 6) is 0.141. The summed E-state index contributed by atoms with van der Waals surface area (Å²) in [5, 5.41) is 2.74. The SMILES string of the molecule is O=C(CN1C(=O)[C@H]2CCCC[C@@H]2C1=O)Nc1ccc(Oc2ccccc2)cc1. The first-order valence-corrected chi connectivity index (χ1v) is 9.60. The Morgan fingerprint density at radius 2 is 1.46 bits per heavy atom. The van der Waals surface area contributed by atoms with Crippen LogP contribution in [-0.2, 0) is 14.4 Å². The van der Waals surface area contributed by atoms with Gasteiger partial charge in [0.25, 0.3) is 0 Å². The number of ether oxygens (including phenoxy) is 1. The van der Waals surface area contributed by atoms with Gasteiger partial charge in [0.1, 0.15) is 18.0 Å². The molecule has 2 fully saturated rings. The van der Waals surface area contributed by atoms with Crippen molar-refractivity contribution >= 4 is 23.4 Å². The Balaban J connectivity index is 1.35. The van der Waals surface area contributed by atoms with E-state index in [9.17, 15) is 14.4 Å². The Hall–Kier alpha value is -3.15. The fraction of sp³-hybridized carbons (Fsp3) is 0.318. The normalized spacial score (nSPS) is 21.4. The number of carbonyl (C=O) groups is 3. The first-order valence-electron chi connectivity index (χ1n) is 9.60. The van der Waals surface area contributed by atoms with Gasteiger partial charge in [-0.15, -0.1) is 0 Å². The lowest BCUT2D eigenvalue weighted by Gasteiger charge is -2.19. The zero-order valence-corrected chi connectivity index (χ0v) is 15.5. The van der Waals surface area contributed by atoms with Crippen molar-refractivity contribution in [3.63, 3.8) is 0 Å². The van der Waals surface area contributed by atoms with Gasteiger partial charge >= 0.3 is 0 Å². The molecule has 0 aromatic heterocycles. The monoisotopic (exact) mass is 378 g/mol. The predicted molar refractivity (Wildman–Crippen MR) is 104 cm³/mol. The van der Waals surface area contributed by atoms with E-state index in [2.05, 4.69) is 5.32 Å². The third-order valence-corrected chi connectivity index (χ3v) is 5.35. The summed E-state index contributed by atoms with van der Waals surface area (Å²) in [4.78, 5) is 38.4. The van der Waals surface area contributed by atoms with E-state index in [1.54, 1.807) is 24.3 Å². The molecule has 4 rings (SSSR count). The standard InChI is InChI=1S/C22H22N2O4/c25-20(14-24-21(26)18-8-4-5-9-19(18)22(24)27)23-15-10-12-17(13-11-15)28-16-6-2-1-3-7-16/h1-3,6-7,10-13,18-19H,4-5,8-9,14H2,(H,23,25)/t18-,19-/m0/s1. The fourth-order valence-corrected chi connectivity index (χ4v) is 3.96. The average Bonchev–Trinajstić information content (AvgIpc) is 2.95. The van der Waals surface area contributed by atoms with Crippen LogP contribution >= 0.6 is 0 Å². The molecule has 2 aromatic carbocycles. The number of hydrogen-bond donors (Lipinski definition) is 1. The number of nitrogens with zero attached hydrogens (tertiary/aromatic N) is 1. The van der Waals surface area contributed by atoms with Crippen LogP contribution in [0.2, 0.25) is 0 Å². The molecule has 144 valence electrons. The van der Waals surface area contributed by atoms with Crippen molar-refractivity contribution in [1.29, 1.82) is 0 Å². The molecule has 1 saturated carbocycles. The molecule has 6 nitrogen and oxygen atoms in total. The minimum Gasteiger partial charge on any atom is -0.457 e. The van der Waals surface area contributed by atoms with Crippen LogP contribution < -0.4 is 10.1 Å². The number of anilines is 1. The molecule has 2 aliphatic rings. The number of fused-ring (bicyclic) bond motifs is 1. The Morgan fingerprint density at radius 1 is 0.893 bits per heavy atom. The van der Waals surface area contributed by atoms with E-state index < -0.39 is 0 Å². The van der Waals surface area contributed by atoms with E-state index in [4.69, 9.17) is 4.74 Å². The van der Waals surface area contributed by atoms with E-state index in [0.29, 0.717) is 11.4 Å². The molecule has 3 amide bonds. The summed E-state index contributed by atoms with van der Waals surface area (Å²) in [6, 6.07) is 16.4. The summed E-state index contributed by atoms with van der Waals surface area (Å²) in [7, 11) is 0. The van der Waals surface area contributed by atoms with Crippen LogP contribution in [0.3, 0.4) is 0 Å². The molecule has 1 aliphatic carbocycles. The van der Waals surface area contributed by atoms with Gasteiger partial charge in [0, 0.05) is 5.69 Å². The number of hydrogen-bond acceptors (Lipinski definition) is 4. The second-order valence-corrected chi connectivity index (χ2v) is 7.25. The van der Waals surface area contributed by atoms with Crippen LogP contribution in [0.25, 0.3) is 0 Å². The van der Waals surface area contributed by atoms with Crippen LogP contribution in [0.1, 0.15) is 25.7 Å². The molecule has 0 bridgehead atoms. The van der Waals surface area contributed by atoms with Gasteiger partial charge in [0.15, 0.2) is 0 Å². The summed E-state index contributed by atoms with van der Waals surface area (Å²) in [6.07, 6.45) is 3.43. The van der Waals surface area contributed by atoms with Crippen molar-refractivity contribution in [1.82, 2.24) is 4.90 Å². The molecule has 1 saturated heterocycles. The summed E-state index contributed by atoms with van der Waals surface area (Å²) in [6.45, 7) is -0.229. The van der Waals surface area contributed by atoms with E-state index in [-0.39, 0.29) is 36.1 Å². The number of imide groups is 1. The first-order chi connectivity index (χ1) is 13.6. The minimum atomic E-state index is -0.378. The van der Waals surface area contributed by atoms with E-state index in [1.165, 1.54) is 0 Å². The minimum absolute atomic E-state index is 0.198.